The van der Waals surface area contributed by atoms with Gasteiger partial charge < -0.3 is 14.6 Å². The average Bonchev–Trinajstić information content (AvgIpc) is 2.54. The van der Waals surface area contributed by atoms with Gasteiger partial charge in [-0.3, -0.25) is 0 Å². The normalized spacial score (nSPS) is 18.8. The Morgan fingerprint density at radius 1 is 1.15 bits per heavy atom. The second kappa shape index (κ2) is 5.55. The van der Waals surface area contributed by atoms with Gasteiger partial charge in [0.1, 0.15) is 11.5 Å². The van der Waals surface area contributed by atoms with Crippen molar-refractivity contribution in [3.05, 3.63) is 59.7 Å². The molecule has 1 aliphatic rings. The van der Waals surface area contributed by atoms with Crippen LogP contribution in [-0.2, 0) is 0 Å². The van der Waals surface area contributed by atoms with Crippen molar-refractivity contribution in [2.45, 2.75) is 18.4 Å². The number of ether oxygens (including phenoxy) is 2. The summed E-state index contributed by atoms with van der Waals surface area (Å²) in [5.41, 5.74) is 1.99. The van der Waals surface area contributed by atoms with Gasteiger partial charge in [0.05, 0.1) is 19.8 Å². The van der Waals surface area contributed by atoms with Gasteiger partial charge in [0, 0.05) is 11.5 Å². The van der Waals surface area contributed by atoms with Gasteiger partial charge in [0.25, 0.3) is 0 Å². The lowest BCUT2D eigenvalue weighted by molar-refractivity contribution is 0.117. The summed E-state index contributed by atoms with van der Waals surface area (Å²) in [6.45, 7) is 0.648. The summed E-state index contributed by atoms with van der Waals surface area (Å²) in [5.74, 6) is 1.76. The molecule has 0 spiro atoms. The average molecular weight is 270 g/mol. The molecule has 104 valence electrons. The molecule has 2 aromatic rings. The van der Waals surface area contributed by atoms with Crippen LogP contribution in [0.4, 0.5) is 0 Å². The van der Waals surface area contributed by atoms with Gasteiger partial charge in [-0.25, -0.2) is 0 Å². The maximum Gasteiger partial charge on any atom is 0.122 e. The zero-order valence-electron chi connectivity index (χ0n) is 11.5. The number of fused-ring (bicyclic) bond motifs is 1. The summed E-state index contributed by atoms with van der Waals surface area (Å²) in [5, 5.41) is 10.7. The van der Waals surface area contributed by atoms with Crippen molar-refractivity contribution >= 4 is 0 Å². The van der Waals surface area contributed by atoms with E-state index in [2.05, 4.69) is 0 Å². The first-order valence-electron chi connectivity index (χ1n) is 6.83. The third-order valence-electron chi connectivity index (χ3n) is 3.84. The van der Waals surface area contributed by atoms with Crippen molar-refractivity contribution in [2.24, 2.45) is 0 Å². The monoisotopic (exact) mass is 270 g/mol. The molecule has 0 radical (unpaired) electrons. The first kappa shape index (κ1) is 13.0. The molecular formula is C17H18O3. The number of aliphatic hydroxyl groups excluding tert-OH is 1. The van der Waals surface area contributed by atoms with Crippen LogP contribution in [0.15, 0.2) is 48.5 Å². The molecule has 1 heterocycles. The molecule has 1 N–H and O–H groups in total. The molecule has 0 saturated carbocycles. The highest BCUT2D eigenvalue weighted by Gasteiger charge is 2.28. The third-order valence-corrected chi connectivity index (χ3v) is 3.84. The fourth-order valence-corrected chi connectivity index (χ4v) is 2.73. The number of para-hydroxylation sites is 1. The van der Waals surface area contributed by atoms with Crippen LogP contribution in [0.1, 0.15) is 29.6 Å². The molecule has 0 saturated heterocycles. The Hall–Kier alpha value is -2.00. The molecule has 2 aromatic carbocycles. The van der Waals surface area contributed by atoms with E-state index in [0.29, 0.717) is 6.61 Å². The minimum atomic E-state index is -0.522. The summed E-state index contributed by atoms with van der Waals surface area (Å²) in [4.78, 5) is 0. The molecule has 3 nitrogen and oxygen atoms in total. The fraction of sp³-hybridized carbons (Fsp3) is 0.294. The minimum Gasteiger partial charge on any atom is -0.497 e. The predicted octanol–water partition coefficient (Wildman–Crippen LogP) is 3.29. The van der Waals surface area contributed by atoms with Gasteiger partial charge in [-0.05, 0) is 30.2 Å². The fourth-order valence-electron chi connectivity index (χ4n) is 2.73. The van der Waals surface area contributed by atoms with Crippen molar-refractivity contribution in [2.75, 3.05) is 13.7 Å². The van der Waals surface area contributed by atoms with Crippen molar-refractivity contribution in [1.82, 2.24) is 0 Å². The molecule has 2 atom stereocenters. The van der Waals surface area contributed by atoms with Crippen LogP contribution in [0.3, 0.4) is 0 Å². The summed E-state index contributed by atoms with van der Waals surface area (Å²) < 4.78 is 10.8. The summed E-state index contributed by atoms with van der Waals surface area (Å²) in [7, 11) is 1.64. The first-order chi connectivity index (χ1) is 9.79. The number of methoxy groups -OCH3 is 1. The Kier molecular flexibility index (Phi) is 3.61. The zero-order valence-corrected chi connectivity index (χ0v) is 11.5. The lowest BCUT2D eigenvalue weighted by atomic mass is 9.85. The number of hydrogen-bond donors (Lipinski definition) is 1. The molecule has 0 fully saturated rings. The second-order valence-corrected chi connectivity index (χ2v) is 5.00. The van der Waals surface area contributed by atoms with E-state index in [1.165, 1.54) is 0 Å². The van der Waals surface area contributed by atoms with Crippen LogP contribution in [0.2, 0.25) is 0 Å². The van der Waals surface area contributed by atoms with Gasteiger partial charge >= 0.3 is 0 Å². The van der Waals surface area contributed by atoms with Crippen LogP contribution < -0.4 is 9.47 Å². The molecule has 0 aromatic heterocycles. The smallest absolute Gasteiger partial charge is 0.122 e. The Morgan fingerprint density at radius 3 is 2.65 bits per heavy atom. The zero-order chi connectivity index (χ0) is 13.9. The maximum absolute atomic E-state index is 10.7. The van der Waals surface area contributed by atoms with Crippen molar-refractivity contribution < 1.29 is 14.6 Å². The van der Waals surface area contributed by atoms with Crippen LogP contribution in [0.25, 0.3) is 0 Å². The topological polar surface area (TPSA) is 38.7 Å². The van der Waals surface area contributed by atoms with E-state index in [9.17, 15) is 5.11 Å². The summed E-state index contributed by atoms with van der Waals surface area (Å²) in [6, 6.07) is 15.5. The lowest BCUT2D eigenvalue weighted by Crippen LogP contribution is -2.20. The summed E-state index contributed by atoms with van der Waals surface area (Å²) >= 11 is 0. The van der Waals surface area contributed by atoms with E-state index >= 15 is 0 Å². The molecular weight excluding hydrogens is 252 g/mol. The Bertz CT molecular complexity index is 577. The Morgan fingerprint density at radius 2 is 1.90 bits per heavy atom. The summed E-state index contributed by atoms with van der Waals surface area (Å²) in [6.07, 6.45) is 0.301. The largest absolute Gasteiger partial charge is 0.497 e. The van der Waals surface area contributed by atoms with Crippen molar-refractivity contribution in [3.8, 4) is 11.5 Å². The molecule has 0 aliphatic carbocycles. The van der Waals surface area contributed by atoms with Gasteiger partial charge in [0.15, 0.2) is 0 Å². The van der Waals surface area contributed by atoms with E-state index in [-0.39, 0.29) is 5.92 Å². The maximum atomic E-state index is 10.7. The Balaban J connectivity index is 1.89. The standard InChI is InChI=1S/C17H18O3/c1-19-13-8-6-12(7-9-13)17(18)15-10-11-20-16-5-3-2-4-14(15)16/h2-9,15,17-18H,10-11H2,1H3. The highest BCUT2D eigenvalue weighted by Crippen LogP contribution is 2.41. The third kappa shape index (κ3) is 2.37. The number of hydrogen-bond acceptors (Lipinski definition) is 3. The molecule has 3 rings (SSSR count). The minimum absolute atomic E-state index is 0.0772. The Labute approximate surface area is 118 Å². The quantitative estimate of drug-likeness (QED) is 0.930. The highest BCUT2D eigenvalue weighted by atomic mass is 16.5. The molecule has 1 aliphatic heterocycles. The highest BCUT2D eigenvalue weighted by molar-refractivity contribution is 5.40. The van der Waals surface area contributed by atoms with E-state index in [1.54, 1.807) is 7.11 Å². The van der Waals surface area contributed by atoms with Crippen LogP contribution in [-0.4, -0.2) is 18.8 Å². The number of aliphatic hydroxyl groups is 1. The molecule has 0 bridgehead atoms. The van der Waals surface area contributed by atoms with Crippen LogP contribution in [0.5, 0.6) is 11.5 Å². The van der Waals surface area contributed by atoms with Gasteiger partial charge in [-0.2, -0.15) is 0 Å². The van der Waals surface area contributed by atoms with Gasteiger partial charge in [0.2, 0.25) is 0 Å². The molecule has 2 unspecified atom stereocenters. The SMILES string of the molecule is COc1ccc(C(O)C2CCOc3ccccc32)cc1. The van der Waals surface area contributed by atoms with Crippen molar-refractivity contribution in [1.29, 1.82) is 0 Å². The van der Waals surface area contributed by atoms with Crippen LogP contribution >= 0.6 is 0 Å². The van der Waals surface area contributed by atoms with Crippen LogP contribution in [0, 0.1) is 0 Å². The van der Waals surface area contributed by atoms with Gasteiger partial charge in [-0.1, -0.05) is 30.3 Å². The number of benzene rings is 2. The molecule has 0 amide bonds. The van der Waals surface area contributed by atoms with Gasteiger partial charge in [-0.15, -0.1) is 0 Å². The van der Waals surface area contributed by atoms with E-state index in [0.717, 1.165) is 29.0 Å². The second-order valence-electron chi connectivity index (χ2n) is 5.00. The van der Waals surface area contributed by atoms with Crippen molar-refractivity contribution in [3.63, 3.8) is 0 Å². The number of rotatable bonds is 3. The molecule has 20 heavy (non-hydrogen) atoms. The van der Waals surface area contributed by atoms with E-state index in [1.807, 2.05) is 48.5 Å². The predicted molar refractivity (Wildman–Crippen MR) is 77.2 cm³/mol. The first-order valence-corrected chi connectivity index (χ1v) is 6.83. The van der Waals surface area contributed by atoms with E-state index in [4.69, 9.17) is 9.47 Å². The van der Waals surface area contributed by atoms with E-state index < -0.39 is 6.10 Å². The molecule has 3 heteroatoms. The lowest BCUT2D eigenvalue weighted by Gasteiger charge is -2.29.